The molecule has 1 saturated carbocycles. The van der Waals surface area contributed by atoms with Gasteiger partial charge in [-0.1, -0.05) is 55.8 Å². The van der Waals surface area contributed by atoms with E-state index in [1.807, 2.05) is 0 Å². The maximum Gasteiger partial charge on any atom is 0.0713 e. The van der Waals surface area contributed by atoms with E-state index in [-0.39, 0.29) is 0 Å². The van der Waals surface area contributed by atoms with Crippen molar-refractivity contribution in [1.82, 2.24) is 0 Å². The molecule has 3 rings (SSSR count). The lowest BCUT2D eigenvalue weighted by Crippen LogP contribution is -2.34. The Morgan fingerprint density at radius 1 is 1.17 bits per heavy atom. The van der Waals surface area contributed by atoms with Crippen molar-refractivity contribution in [1.29, 1.82) is 0 Å². The topological polar surface area (TPSA) is 20.2 Å². The van der Waals surface area contributed by atoms with Crippen molar-refractivity contribution in [2.24, 2.45) is 5.92 Å². The van der Waals surface area contributed by atoms with Crippen LogP contribution in [0.25, 0.3) is 10.8 Å². The monoisotopic (exact) mass is 240 g/mol. The Labute approximate surface area is 108 Å². The Bertz CT molecular complexity index is 555. The molecule has 0 radical (unpaired) electrons. The lowest BCUT2D eigenvalue weighted by molar-refractivity contribution is 0.00989. The van der Waals surface area contributed by atoms with Gasteiger partial charge in [-0.05, 0) is 35.1 Å². The van der Waals surface area contributed by atoms with Crippen LogP contribution in [0.4, 0.5) is 0 Å². The fourth-order valence-corrected chi connectivity index (χ4v) is 3.27. The minimum absolute atomic E-state index is 0.413. The molecule has 0 bridgehead atoms. The van der Waals surface area contributed by atoms with Crippen molar-refractivity contribution in [3.05, 3.63) is 48.0 Å². The predicted octanol–water partition coefficient (Wildman–Crippen LogP) is 3.93. The number of fused-ring (bicyclic) bond motifs is 1. The van der Waals surface area contributed by atoms with Crippen LogP contribution in [0.5, 0.6) is 0 Å². The highest BCUT2D eigenvalue weighted by Crippen LogP contribution is 2.38. The van der Waals surface area contributed by atoms with Crippen molar-refractivity contribution in [2.45, 2.75) is 38.2 Å². The molecule has 1 fully saturated rings. The van der Waals surface area contributed by atoms with Crippen LogP contribution in [0.15, 0.2) is 42.5 Å². The molecule has 94 valence electrons. The van der Waals surface area contributed by atoms with Gasteiger partial charge in [0.1, 0.15) is 0 Å². The normalized spacial score (nSPS) is 27.8. The standard InChI is InChI=1S/C17H20O/c1-13-6-5-11-17(13,18)12-15-9-4-8-14-7-2-3-10-16(14)15/h2-4,7-10,13,18H,5-6,11-12H2,1H3. The zero-order valence-corrected chi connectivity index (χ0v) is 10.9. The molecule has 0 spiro atoms. The van der Waals surface area contributed by atoms with E-state index in [1.165, 1.54) is 16.3 Å². The first-order chi connectivity index (χ1) is 8.69. The number of hydrogen-bond donors (Lipinski definition) is 1. The number of rotatable bonds is 2. The molecule has 1 aliphatic carbocycles. The van der Waals surface area contributed by atoms with Gasteiger partial charge in [-0.2, -0.15) is 0 Å². The second-order valence-electron chi connectivity index (χ2n) is 5.71. The SMILES string of the molecule is CC1CCCC1(O)Cc1cccc2ccccc12. The molecule has 0 heterocycles. The van der Waals surface area contributed by atoms with E-state index in [1.54, 1.807) is 0 Å². The maximum absolute atomic E-state index is 10.8. The average molecular weight is 240 g/mol. The third-order valence-electron chi connectivity index (χ3n) is 4.54. The van der Waals surface area contributed by atoms with Crippen LogP contribution in [0.3, 0.4) is 0 Å². The zero-order valence-electron chi connectivity index (χ0n) is 10.9. The number of hydrogen-bond acceptors (Lipinski definition) is 1. The van der Waals surface area contributed by atoms with Gasteiger partial charge in [-0.3, -0.25) is 0 Å². The molecule has 1 nitrogen and oxygen atoms in total. The summed E-state index contributed by atoms with van der Waals surface area (Å²) < 4.78 is 0. The Hall–Kier alpha value is -1.34. The summed E-state index contributed by atoms with van der Waals surface area (Å²) in [6.45, 7) is 2.18. The highest BCUT2D eigenvalue weighted by Gasteiger charge is 2.38. The van der Waals surface area contributed by atoms with E-state index in [2.05, 4.69) is 49.4 Å². The van der Waals surface area contributed by atoms with E-state index in [9.17, 15) is 5.11 Å². The first-order valence-electron chi connectivity index (χ1n) is 6.88. The first kappa shape index (κ1) is 11.7. The van der Waals surface area contributed by atoms with Crippen LogP contribution < -0.4 is 0 Å². The second-order valence-corrected chi connectivity index (χ2v) is 5.71. The molecule has 18 heavy (non-hydrogen) atoms. The second kappa shape index (κ2) is 4.40. The minimum atomic E-state index is -0.496. The van der Waals surface area contributed by atoms with Gasteiger partial charge in [-0.15, -0.1) is 0 Å². The summed E-state index contributed by atoms with van der Waals surface area (Å²) in [6, 6.07) is 14.8. The van der Waals surface area contributed by atoms with Crippen LogP contribution in [0.2, 0.25) is 0 Å². The van der Waals surface area contributed by atoms with Gasteiger partial charge < -0.3 is 5.11 Å². The molecule has 2 aromatic rings. The molecule has 2 unspecified atom stereocenters. The van der Waals surface area contributed by atoms with Crippen molar-refractivity contribution in [3.8, 4) is 0 Å². The molecule has 2 aromatic carbocycles. The van der Waals surface area contributed by atoms with Gasteiger partial charge in [0.25, 0.3) is 0 Å². The molecule has 1 heteroatoms. The maximum atomic E-state index is 10.8. The molecular weight excluding hydrogens is 220 g/mol. The Morgan fingerprint density at radius 2 is 1.94 bits per heavy atom. The van der Waals surface area contributed by atoms with Crippen LogP contribution in [-0.4, -0.2) is 10.7 Å². The number of aliphatic hydroxyl groups is 1. The van der Waals surface area contributed by atoms with Gasteiger partial charge >= 0.3 is 0 Å². The summed E-state index contributed by atoms with van der Waals surface area (Å²) in [5.41, 5.74) is 0.786. The van der Waals surface area contributed by atoms with Gasteiger partial charge in [0.05, 0.1) is 5.60 Å². The van der Waals surface area contributed by atoms with Crippen LogP contribution in [0, 0.1) is 5.92 Å². The third-order valence-corrected chi connectivity index (χ3v) is 4.54. The lowest BCUT2D eigenvalue weighted by Gasteiger charge is -2.28. The summed E-state index contributed by atoms with van der Waals surface area (Å²) >= 11 is 0. The van der Waals surface area contributed by atoms with Gasteiger partial charge in [-0.25, -0.2) is 0 Å². The van der Waals surface area contributed by atoms with Crippen molar-refractivity contribution in [2.75, 3.05) is 0 Å². The molecular formula is C17H20O. The first-order valence-corrected chi connectivity index (χ1v) is 6.88. The Kier molecular flexibility index (Phi) is 2.87. The van der Waals surface area contributed by atoms with E-state index >= 15 is 0 Å². The van der Waals surface area contributed by atoms with E-state index in [4.69, 9.17) is 0 Å². The van der Waals surface area contributed by atoms with E-state index < -0.39 is 5.60 Å². The summed E-state index contributed by atoms with van der Waals surface area (Å²) in [5.74, 6) is 0.413. The molecule has 0 aromatic heterocycles. The average Bonchev–Trinajstić information content (AvgIpc) is 2.70. The largest absolute Gasteiger partial charge is 0.389 e. The van der Waals surface area contributed by atoms with E-state index in [0.29, 0.717) is 5.92 Å². The quantitative estimate of drug-likeness (QED) is 0.843. The fraction of sp³-hybridized carbons (Fsp3) is 0.412. The van der Waals surface area contributed by atoms with Crippen molar-refractivity contribution < 1.29 is 5.11 Å². The summed E-state index contributed by atoms with van der Waals surface area (Å²) in [4.78, 5) is 0. The highest BCUT2D eigenvalue weighted by molar-refractivity contribution is 5.85. The van der Waals surface area contributed by atoms with Gasteiger partial charge in [0.2, 0.25) is 0 Å². The third kappa shape index (κ3) is 1.93. The minimum Gasteiger partial charge on any atom is -0.389 e. The van der Waals surface area contributed by atoms with Crippen LogP contribution in [-0.2, 0) is 6.42 Å². The molecule has 0 aliphatic heterocycles. The summed E-state index contributed by atoms with van der Waals surface area (Å²) in [6.07, 6.45) is 4.04. The van der Waals surface area contributed by atoms with Gasteiger partial charge in [0, 0.05) is 6.42 Å². The van der Waals surface area contributed by atoms with Crippen LogP contribution >= 0.6 is 0 Å². The molecule has 0 saturated heterocycles. The Morgan fingerprint density at radius 3 is 2.72 bits per heavy atom. The summed E-state index contributed by atoms with van der Waals surface area (Å²) in [7, 11) is 0. The lowest BCUT2D eigenvalue weighted by atomic mass is 9.84. The zero-order chi connectivity index (χ0) is 12.6. The van der Waals surface area contributed by atoms with Gasteiger partial charge in [0.15, 0.2) is 0 Å². The molecule has 0 amide bonds. The Balaban J connectivity index is 2.00. The van der Waals surface area contributed by atoms with E-state index in [0.717, 1.165) is 25.7 Å². The van der Waals surface area contributed by atoms with Crippen molar-refractivity contribution in [3.63, 3.8) is 0 Å². The fourth-order valence-electron chi connectivity index (χ4n) is 3.27. The molecule has 1 aliphatic rings. The summed E-state index contributed by atoms with van der Waals surface area (Å²) in [5, 5.41) is 13.3. The smallest absolute Gasteiger partial charge is 0.0713 e. The molecule has 1 N–H and O–H groups in total. The predicted molar refractivity (Wildman–Crippen MR) is 75.6 cm³/mol. The van der Waals surface area contributed by atoms with Crippen LogP contribution in [0.1, 0.15) is 31.7 Å². The molecule has 2 atom stereocenters. The number of benzene rings is 2. The van der Waals surface area contributed by atoms with Crippen molar-refractivity contribution >= 4 is 10.8 Å². The highest BCUT2D eigenvalue weighted by atomic mass is 16.3.